The molecular weight excluding hydrogens is 724 g/mol. The minimum Gasteiger partial charge on any atom is -0.0616 e. The first-order valence-electron chi connectivity index (χ1n) is 6.57. The van der Waals surface area contributed by atoms with Gasteiger partial charge in [0, 0.05) is 14.3 Å². The number of benzene rings is 3. The van der Waals surface area contributed by atoms with Crippen LogP contribution in [-0.4, -0.2) is 0 Å². The number of halogens is 4. The van der Waals surface area contributed by atoms with Crippen molar-refractivity contribution in [3.8, 4) is 22.3 Å². The Morgan fingerprint density at radius 3 is 1.14 bits per heavy atom. The fourth-order valence-electron chi connectivity index (χ4n) is 2.32. The first-order valence-corrected chi connectivity index (χ1v) is 10.9. The molecule has 0 atom stereocenters. The van der Waals surface area contributed by atoms with Gasteiger partial charge in [0.2, 0.25) is 0 Å². The van der Waals surface area contributed by atoms with Gasteiger partial charge in [-0.25, -0.2) is 0 Å². The monoisotopic (exact) mass is 734 g/mol. The number of hydrogen-bond acceptors (Lipinski definition) is 0. The minimum absolute atomic E-state index is 1.29. The summed E-state index contributed by atoms with van der Waals surface area (Å²) in [6, 6.07) is 21.7. The molecule has 0 nitrogen and oxygen atoms in total. The van der Waals surface area contributed by atoms with Crippen molar-refractivity contribution in [2.45, 2.75) is 0 Å². The lowest BCUT2D eigenvalue weighted by molar-refractivity contribution is 1.50. The second-order valence-corrected chi connectivity index (χ2v) is 9.42. The third-order valence-corrected chi connectivity index (χ3v) is 7.05. The molecule has 3 aromatic rings. The Labute approximate surface area is 185 Å². The van der Waals surface area contributed by atoms with Crippen molar-refractivity contribution in [2.75, 3.05) is 0 Å². The van der Waals surface area contributed by atoms with E-state index >= 15 is 0 Å². The van der Waals surface area contributed by atoms with Crippen LogP contribution in [0.25, 0.3) is 22.3 Å². The summed E-state index contributed by atoms with van der Waals surface area (Å²) in [5.74, 6) is 0. The van der Waals surface area contributed by atoms with Gasteiger partial charge in [0.25, 0.3) is 0 Å². The maximum atomic E-state index is 2.45. The quantitative estimate of drug-likeness (QED) is 0.241. The molecule has 4 heteroatoms. The number of rotatable bonds is 2. The smallest absolute Gasteiger partial charge is 0.0216 e. The summed E-state index contributed by atoms with van der Waals surface area (Å²) in [4.78, 5) is 0. The second-order valence-electron chi connectivity index (χ2n) is 4.77. The van der Waals surface area contributed by atoms with Gasteiger partial charge in [-0.3, -0.25) is 0 Å². The normalized spacial score (nSPS) is 10.7. The Morgan fingerprint density at radius 2 is 0.773 bits per heavy atom. The maximum absolute atomic E-state index is 2.45. The SMILES string of the molecule is Ic1ccccc1-c1cc(I)c(-c2ccccc2I)cc1I. The topological polar surface area (TPSA) is 0 Å². The Bertz CT molecular complexity index is 769. The summed E-state index contributed by atoms with van der Waals surface area (Å²) in [5.41, 5.74) is 5.23. The highest BCUT2D eigenvalue weighted by Crippen LogP contribution is 2.37. The molecule has 0 saturated carbocycles. The van der Waals surface area contributed by atoms with E-state index in [9.17, 15) is 0 Å². The molecule has 0 heterocycles. The lowest BCUT2D eigenvalue weighted by Gasteiger charge is -2.13. The summed E-state index contributed by atoms with van der Waals surface area (Å²) >= 11 is 9.73. The Kier molecular flexibility index (Phi) is 6.05. The molecule has 0 amide bonds. The predicted octanol–water partition coefficient (Wildman–Crippen LogP) is 7.44. The first kappa shape index (κ1) is 17.4. The zero-order chi connectivity index (χ0) is 15.7. The molecule has 0 aromatic heterocycles. The van der Waals surface area contributed by atoms with Gasteiger partial charge >= 0.3 is 0 Å². The van der Waals surface area contributed by atoms with Gasteiger partial charge in [-0.2, -0.15) is 0 Å². The summed E-state index contributed by atoms with van der Waals surface area (Å²) in [7, 11) is 0. The molecule has 0 aliphatic rings. The Hall–Kier alpha value is 0.580. The van der Waals surface area contributed by atoms with E-state index in [4.69, 9.17) is 0 Å². The van der Waals surface area contributed by atoms with Gasteiger partial charge in [0.05, 0.1) is 0 Å². The third-order valence-electron chi connectivity index (χ3n) is 3.38. The molecular formula is C18H10I4. The predicted molar refractivity (Wildman–Crippen MR) is 128 cm³/mol. The van der Waals surface area contributed by atoms with E-state index in [2.05, 4.69) is 151 Å². The van der Waals surface area contributed by atoms with E-state index in [1.54, 1.807) is 0 Å². The average Bonchev–Trinajstić information content (AvgIpc) is 2.51. The van der Waals surface area contributed by atoms with E-state index in [-0.39, 0.29) is 0 Å². The van der Waals surface area contributed by atoms with Crippen LogP contribution < -0.4 is 0 Å². The third kappa shape index (κ3) is 3.64. The number of hydrogen-bond donors (Lipinski definition) is 0. The van der Waals surface area contributed by atoms with Crippen LogP contribution in [0, 0.1) is 14.3 Å². The highest BCUT2D eigenvalue weighted by atomic mass is 127. The molecule has 0 radical (unpaired) electrons. The van der Waals surface area contributed by atoms with Crippen molar-refractivity contribution in [2.24, 2.45) is 0 Å². The molecule has 0 unspecified atom stereocenters. The van der Waals surface area contributed by atoms with Gasteiger partial charge in [-0.1, -0.05) is 36.4 Å². The molecule has 0 spiro atoms. The van der Waals surface area contributed by atoms with Crippen molar-refractivity contribution in [1.29, 1.82) is 0 Å². The standard InChI is InChI=1S/C18H10I4/c19-15-7-3-1-5-11(15)13-9-18(22)14(10-17(13)21)12-6-2-4-8-16(12)20/h1-10H. The van der Waals surface area contributed by atoms with E-state index in [1.165, 1.54) is 36.5 Å². The second kappa shape index (κ2) is 7.64. The van der Waals surface area contributed by atoms with Crippen LogP contribution in [0.1, 0.15) is 0 Å². The van der Waals surface area contributed by atoms with E-state index in [0.717, 1.165) is 0 Å². The molecule has 0 N–H and O–H groups in total. The Morgan fingerprint density at radius 1 is 0.409 bits per heavy atom. The molecule has 0 aliphatic heterocycles. The molecule has 110 valence electrons. The van der Waals surface area contributed by atoms with Gasteiger partial charge in [-0.05, 0) is 137 Å². The van der Waals surface area contributed by atoms with Crippen LogP contribution in [0.2, 0.25) is 0 Å². The van der Waals surface area contributed by atoms with Crippen LogP contribution in [-0.2, 0) is 0 Å². The lowest BCUT2D eigenvalue weighted by atomic mass is 10.0. The summed E-state index contributed by atoms with van der Waals surface area (Å²) in [6.45, 7) is 0. The fourth-order valence-corrected chi connectivity index (χ4v) is 5.19. The highest BCUT2D eigenvalue weighted by molar-refractivity contribution is 14.1. The molecule has 0 fully saturated rings. The van der Waals surface area contributed by atoms with Crippen molar-refractivity contribution in [3.63, 3.8) is 0 Å². The molecule has 3 aromatic carbocycles. The van der Waals surface area contributed by atoms with Gasteiger partial charge in [-0.15, -0.1) is 0 Å². The van der Waals surface area contributed by atoms with Crippen molar-refractivity contribution in [1.82, 2.24) is 0 Å². The molecule has 0 aliphatic carbocycles. The van der Waals surface area contributed by atoms with E-state index < -0.39 is 0 Å². The lowest BCUT2D eigenvalue weighted by Crippen LogP contribution is -1.92. The van der Waals surface area contributed by atoms with Crippen LogP contribution in [0.4, 0.5) is 0 Å². The first-order chi connectivity index (χ1) is 10.6. The molecule has 3 rings (SSSR count). The average molecular weight is 734 g/mol. The van der Waals surface area contributed by atoms with E-state index in [1.807, 2.05) is 0 Å². The van der Waals surface area contributed by atoms with E-state index in [0.29, 0.717) is 0 Å². The molecule has 0 bridgehead atoms. The van der Waals surface area contributed by atoms with Crippen LogP contribution in [0.5, 0.6) is 0 Å². The van der Waals surface area contributed by atoms with Crippen molar-refractivity contribution < 1.29 is 0 Å². The van der Waals surface area contributed by atoms with Crippen LogP contribution in [0.15, 0.2) is 60.7 Å². The largest absolute Gasteiger partial charge is 0.0616 e. The summed E-state index contributed by atoms with van der Waals surface area (Å²) in [5, 5.41) is 0. The minimum atomic E-state index is 1.29. The Balaban J connectivity index is 2.18. The van der Waals surface area contributed by atoms with Gasteiger partial charge in [0.15, 0.2) is 0 Å². The van der Waals surface area contributed by atoms with Crippen LogP contribution in [0.3, 0.4) is 0 Å². The highest BCUT2D eigenvalue weighted by Gasteiger charge is 2.13. The zero-order valence-electron chi connectivity index (χ0n) is 11.3. The molecule has 22 heavy (non-hydrogen) atoms. The summed E-state index contributed by atoms with van der Waals surface area (Å²) in [6.07, 6.45) is 0. The zero-order valence-corrected chi connectivity index (χ0v) is 19.9. The fraction of sp³-hybridized carbons (Fsp3) is 0. The summed E-state index contributed by atoms with van der Waals surface area (Å²) < 4.78 is 5.15. The van der Waals surface area contributed by atoms with Gasteiger partial charge < -0.3 is 0 Å². The van der Waals surface area contributed by atoms with Crippen molar-refractivity contribution in [3.05, 3.63) is 74.9 Å². The van der Waals surface area contributed by atoms with Crippen molar-refractivity contribution >= 4 is 90.4 Å². The maximum Gasteiger partial charge on any atom is 0.0216 e. The molecule has 0 saturated heterocycles. The van der Waals surface area contributed by atoms with Gasteiger partial charge in [0.1, 0.15) is 0 Å². The van der Waals surface area contributed by atoms with Crippen LogP contribution >= 0.6 is 90.4 Å².